The van der Waals surface area contributed by atoms with Crippen LogP contribution in [0.4, 0.5) is 10.1 Å². The molecule has 3 aromatic rings. The van der Waals surface area contributed by atoms with Crippen molar-refractivity contribution >= 4 is 23.2 Å². The van der Waals surface area contributed by atoms with Crippen molar-refractivity contribution in [3.63, 3.8) is 0 Å². The molecular formula is C20H15ClFNO2. The molecule has 3 nitrogen and oxygen atoms in total. The quantitative estimate of drug-likeness (QED) is 0.705. The van der Waals surface area contributed by atoms with Gasteiger partial charge in [-0.15, -0.1) is 0 Å². The topological polar surface area (TPSA) is 49.3 Å². The molecule has 3 rings (SSSR count). The van der Waals surface area contributed by atoms with Crippen molar-refractivity contribution in [2.45, 2.75) is 6.10 Å². The van der Waals surface area contributed by atoms with Gasteiger partial charge in [-0.05, 0) is 35.9 Å². The van der Waals surface area contributed by atoms with Gasteiger partial charge < -0.3 is 10.4 Å². The van der Waals surface area contributed by atoms with E-state index in [0.29, 0.717) is 21.8 Å². The van der Waals surface area contributed by atoms with Crippen LogP contribution in [0.1, 0.15) is 27.6 Å². The predicted octanol–water partition coefficient (Wildman–Crippen LogP) is 4.81. The van der Waals surface area contributed by atoms with Crippen molar-refractivity contribution in [1.82, 2.24) is 0 Å². The van der Waals surface area contributed by atoms with Crippen LogP contribution in [-0.2, 0) is 0 Å². The monoisotopic (exact) mass is 355 g/mol. The minimum Gasteiger partial charge on any atom is -0.384 e. The Kier molecular flexibility index (Phi) is 5.12. The van der Waals surface area contributed by atoms with Crippen LogP contribution < -0.4 is 5.32 Å². The maximum absolute atomic E-state index is 13.8. The second-order valence-electron chi connectivity index (χ2n) is 5.48. The molecule has 0 heterocycles. The third-order valence-electron chi connectivity index (χ3n) is 3.79. The van der Waals surface area contributed by atoms with Crippen LogP contribution in [0, 0.1) is 5.82 Å². The first kappa shape index (κ1) is 17.1. The molecule has 1 atom stereocenters. The molecule has 0 aromatic heterocycles. The molecule has 1 unspecified atom stereocenters. The number of aliphatic hydroxyl groups excluding tert-OH is 1. The number of nitrogens with one attached hydrogen (secondary N) is 1. The molecule has 0 saturated carbocycles. The van der Waals surface area contributed by atoms with Crippen molar-refractivity contribution in [3.05, 3.63) is 100 Å². The lowest BCUT2D eigenvalue weighted by molar-refractivity contribution is 0.102. The molecule has 0 aliphatic carbocycles. The zero-order valence-electron chi connectivity index (χ0n) is 13.1. The third-order valence-corrected chi connectivity index (χ3v) is 4.03. The van der Waals surface area contributed by atoms with Crippen LogP contribution in [0.15, 0.2) is 72.8 Å². The van der Waals surface area contributed by atoms with Gasteiger partial charge in [0.25, 0.3) is 5.91 Å². The summed E-state index contributed by atoms with van der Waals surface area (Å²) in [4.78, 5) is 12.4. The molecule has 0 spiro atoms. The van der Waals surface area contributed by atoms with Crippen LogP contribution in [0.3, 0.4) is 0 Å². The first-order chi connectivity index (χ1) is 12.1. The van der Waals surface area contributed by atoms with E-state index < -0.39 is 17.8 Å². The van der Waals surface area contributed by atoms with Crippen LogP contribution in [0.25, 0.3) is 0 Å². The number of halogens is 2. The van der Waals surface area contributed by atoms with Gasteiger partial charge in [0.05, 0.1) is 5.56 Å². The number of anilines is 1. The van der Waals surface area contributed by atoms with Crippen molar-refractivity contribution in [2.24, 2.45) is 0 Å². The van der Waals surface area contributed by atoms with Crippen molar-refractivity contribution < 1.29 is 14.3 Å². The van der Waals surface area contributed by atoms with Crippen molar-refractivity contribution in [3.8, 4) is 0 Å². The maximum Gasteiger partial charge on any atom is 0.258 e. The van der Waals surface area contributed by atoms with E-state index in [4.69, 9.17) is 11.6 Å². The minimum absolute atomic E-state index is 0.0717. The average Bonchev–Trinajstić information content (AvgIpc) is 2.63. The van der Waals surface area contributed by atoms with E-state index >= 15 is 0 Å². The van der Waals surface area contributed by atoms with E-state index in [2.05, 4.69) is 5.32 Å². The lowest BCUT2D eigenvalue weighted by Crippen LogP contribution is -2.16. The Hall–Kier alpha value is -2.69. The molecule has 0 fully saturated rings. The first-order valence-electron chi connectivity index (χ1n) is 7.64. The Morgan fingerprint density at radius 1 is 1.00 bits per heavy atom. The van der Waals surface area contributed by atoms with Gasteiger partial charge in [-0.25, -0.2) is 4.39 Å². The van der Waals surface area contributed by atoms with Gasteiger partial charge in [0.15, 0.2) is 0 Å². The van der Waals surface area contributed by atoms with E-state index in [9.17, 15) is 14.3 Å². The van der Waals surface area contributed by atoms with Gasteiger partial charge in [0.1, 0.15) is 11.9 Å². The summed E-state index contributed by atoms with van der Waals surface area (Å²) < 4.78 is 13.8. The molecule has 3 aromatic carbocycles. The first-order valence-corrected chi connectivity index (χ1v) is 8.02. The number of benzene rings is 3. The Labute approximate surface area is 149 Å². The summed E-state index contributed by atoms with van der Waals surface area (Å²) >= 11 is 6.04. The molecular weight excluding hydrogens is 341 g/mol. The summed E-state index contributed by atoms with van der Waals surface area (Å²) in [6.45, 7) is 0. The summed E-state index contributed by atoms with van der Waals surface area (Å²) in [5.41, 5.74) is 1.39. The standard InChI is InChI=1S/C20H15ClFNO2/c21-14-10-11-18(23-20(25)15-8-4-5-9-17(15)22)16(12-14)19(24)13-6-2-1-3-7-13/h1-12,19,24H,(H,23,25). The molecule has 0 saturated heterocycles. The number of hydrogen-bond donors (Lipinski definition) is 2. The number of hydrogen-bond acceptors (Lipinski definition) is 2. The number of amides is 1. The molecule has 0 aliphatic heterocycles. The van der Waals surface area contributed by atoms with Gasteiger partial charge in [-0.1, -0.05) is 54.1 Å². The molecule has 0 aliphatic rings. The number of carbonyl (C=O) groups is 1. The van der Waals surface area contributed by atoms with E-state index in [1.807, 2.05) is 6.07 Å². The van der Waals surface area contributed by atoms with Crippen molar-refractivity contribution in [2.75, 3.05) is 5.32 Å². The lowest BCUT2D eigenvalue weighted by atomic mass is 9.99. The Morgan fingerprint density at radius 2 is 1.68 bits per heavy atom. The van der Waals surface area contributed by atoms with Crippen LogP contribution in [-0.4, -0.2) is 11.0 Å². The highest BCUT2D eigenvalue weighted by Gasteiger charge is 2.18. The van der Waals surface area contributed by atoms with E-state index in [1.165, 1.54) is 18.2 Å². The van der Waals surface area contributed by atoms with Gasteiger partial charge in [0.2, 0.25) is 0 Å². The fourth-order valence-electron chi connectivity index (χ4n) is 2.52. The summed E-state index contributed by atoms with van der Waals surface area (Å²) in [5.74, 6) is -1.21. The van der Waals surface area contributed by atoms with E-state index in [1.54, 1.807) is 48.5 Å². The van der Waals surface area contributed by atoms with Crippen molar-refractivity contribution in [1.29, 1.82) is 0 Å². The molecule has 5 heteroatoms. The summed E-state index contributed by atoms with van der Waals surface area (Å²) in [6, 6.07) is 19.5. The highest BCUT2D eigenvalue weighted by atomic mass is 35.5. The number of carbonyl (C=O) groups excluding carboxylic acids is 1. The molecule has 1 amide bonds. The molecule has 126 valence electrons. The van der Waals surface area contributed by atoms with Crippen LogP contribution in [0.5, 0.6) is 0 Å². The highest BCUT2D eigenvalue weighted by molar-refractivity contribution is 6.30. The Morgan fingerprint density at radius 3 is 2.40 bits per heavy atom. The predicted molar refractivity (Wildman–Crippen MR) is 96.3 cm³/mol. The normalized spacial score (nSPS) is 11.8. The largest absolute Gasteiger partial charge is 0.384 e. The van der Waals surface area contributed by atoms with Crippen LogP contribution >= 0.6 is 11.6 Å². The minimum atomic E-state index is -0.976. The summed E-state index contributed by atoms with van der Waals surface area (Å²) in [7, 11) is 0. The molecule has 2 N–H and O–H groups in total. The summed E-state index contributed by atoms with van der Waals surface area (Å²) in [5, 5.41) is 13.7. The Balaban J connectivity index is 1.95. The van der Waals surface area contributed by atoms with E-state index in [-0.39, 0.29) is 5.56 Å². The fraction of sp³-hybridized carbons (Fsp3) is 0.0500. The molecule has 25 heavy (non-hydrogen) atoms. The Bertz CT molecular complexity index is 899. The smallest absolute Gasteiger partial charge is 0.258 e. The molecule has 0 bridgehead atoms. The van der Waals surface area contributed by atoms with Gasteiger partial charge >= 0.3 is 0 Å². The van der Waals surface area contributed by atoms with Gasteiger partial charge in [-0.2, -0.15) is 0 Å². The zero-order valence-corrected chi connectivity index (χ0v) is 13.9. The number of rotatable bonds is 4. The van der Waals surface area contributed by atoms with E-state index in [0.717, 1.165) is 0 Å². The van der Waals surface area contributed by atoms with Gasteiger partial charge in [-0.3, -0.25) is 4.79 Å². The lowest BCUT2D eigenvalue weighted by Gasteiger charge is -2.17. The maximum atomic E-state index is 13.8. The third kappa shape index (κ3) is 3.87. The zero-order chi connectivity index (χ0) is 17.8. The highest BCUT2D eigenvalue weighted by Crippen LogP contribution is 2.31. The fourth-order valence-corrected chi connectivity index (χ4v) is 2.70. The number of aliphatic hydroxyl groups is 1. The van der Waals surface area contributed by atoms with Gasteiger partial charge in [0, 0.05) is 16.3 Å². The average molecular weight is 356 g/mol. The second kappa shape index (κ2) is 7.47. The second-order valence-corrected chi connectivity index (χ2v) is 5.92. The molecule has 0 radical (unpaired) electrons. The SMILES string of the molecule is O=C(Nc1ccc(Cl)cc1C(O)c1ccccc1)c1ccccc1F. The van der Waals surface area contributed by atoms with Crippen LogP contribution in [0.2, 0.25) is 5.02 Å². The summed E-state index contributed by atoms with van der Waals surface area (Å²) in [6.07, 6.45) is -0.976.